The van der Waals surface area contributed by atoms with E-state index in [1.165, 1.54) is 37.0 Å². The molecular formula is C19H19F3N6O2. The molecule has 8 nitrogen and oxygen atoms in total. The summed E-state index contributed by atoms with van der Waals surface area (Å²) in [5.74, 6) is -0.142. The van der Waals surface area contributed by atoms with Crippen molar-refractivity contribution in [1.82, 2.24) is 14.5 Å². The number of nitrogen functional groups attached to an aromatic ring is 1. The molecule has 1 atom stereocenters. The van der Waals surface area contributed by atoms with Gasteiger partial charge in [0.1, 0.15) is 23.5 Å². The van der Waals surface area contributed by atoms with Gasteiger partial charge in [-0.3, -0.25) is 14.2 Å². The Balaban J connectivity index is 2.06. The van der Waals surface area contributed by atoms with Gasteiger partial charge in [-0.2, -0.15) is 13.2 Å². The molecule has 0 aliphatic rings. The summed E-state index contributed by atoms with van der Waals surface area (Å²) in [7, 11) is 1.49. The lowest BCUT2D eigenvalue weighted by atomic mass is 10.0. The van der Waals surface area contributed by atoms with Crippen molar-refractivity contribution in [2.45, 2.75) is 26.1 Å². The number of amides is 1. The van der Waals surface area contributed by atoms with Crippen LogP contribution in [-0.2, 0) is 18.0 Å². The highest BCUT2D eigenvalue weighted by Crippen LogP contribution is 2.33. The largest absolute Gasteiger partial charge is 0.416 e. The molecule has 1 amide bonds. The molecule has 0 radical (unpaired) electrons. The number of aromatic nitrogens is 3. The average Bonchev–Trinajstić information content (AvgIpc) is 2.65. The number of carbonyl (C=O) groups is 1. The van der Waals surface area contributed by atoms with Crippen molar-refractivity contribution in [2.75, 3.05) is 16.4 Å². The first-order chi connectivity index (χ1) is 14.0. The third-order valence-electron chi connectivity index (χ3n) is 4.47. The molecule has 4 N–H and O–H groups in total. The van der Waals surface area contributed by atoms with Crippen LogP contribution >= 0.6 is 0 Å². The molecule has 11 heteroatoms. The Morgan fingerprint density at radius 3 is 2.53 bits per heavy atom. The zero-order valence-corrected chi connectivity index (χ0v) is 16.3. The maximum atomic E-state index is 13.1. The van der Waals surface area contributed by atoms with Crippen LogP contribution in [0.5, 0.6) is 0 Å². The number of hydrogen-bond acceptors (Lipinski definition) is 6. The first-order valence-corrected chi connectivity index (χ1v) is 8.84. The molecule has 0 aliphatic heterocycles. The molecule has 0 bridgehead atoms. The number of halogens is 3. The maximum absolute atomic E-state index is 13.1. The number of nitrogens with one attached hydrogen (secondary N) is 2. The van der Waals surface area contributed by atoms with Gasteiger partial charge in [0, 0.05) is 19.7 Å². The van der Waals surface area contributed by atoms with E-state index in [0.29, 0.717) is 16.6 Å². The van der Waals surface area contributed by atoms with Crippen LogP contribution in [0.3, 0.4) is 0 Å². The molecule has 0 fully saturated rings. The zero-order chi connectivity index (χ0) is 22.2. The third-order valence-corrected chi connectivity index (χ3v) is 4.47. The number of alkyl halides is 3. The summed E-state index contributed by atoms with van der Waals surface area (Å²) < 4.78 is 40.6. The summed E-state index contributed by atoms with van der Waals surface area (Å²) in [6.07, 6.45) is -3.30. The SMILES string of the molecule is CC(=O)Nc1cc2c(N[C@H](C)c3cc(N)cc(C(F)(F)F)c3)ncnc2n(C)c1=O. The third kappa shape index (κ3) is 4.19. The van der Waals surface area contributed by atoms with Crippen LogP contribution in [0.1, 0.15) is 31.0 Å². The molecule has 0 saturated carbocycles. The normalized spacial score (nSPS) is 12.6. The Morgan fingerprint density at radius 2 is 1.90 bits per heavy atom. The van der Waals surface area contributed by atoms with Crippen LogP contribution < -0.4 is 21.9 Å². The molecule has 2 aromatic heterocycles. The topological polar surface area (TPSA) is 115 Å². The van der Waals surface area contributed by atoms with E-state index >= 15 is 0 Å². The van der Waals surface area contributed by atoms with E-state index in [1.54, 1.807) is 6.92 Å². The lowest BCUT2D eigenvalue weighted by Crippen LogP contribution is -2.24. The number of nitrogens with two attached hydrogens (primary N) is 1. The van der Waals surface area contributed by atoms with E-state index in [9.17, 15) is 22.8 Å². The van der Waals surface area contributed by atoms with Crippen LogP contribution in [0.25, 0.3) is 11.0 Å². The predicted molar refractivity (Wildman–Crippen MR) is 107 cm³/mol. The Labute approximate surface area is 168 Å². The smallest absolute Gasteiger partial charge is 0.399 e. The minimum atomic E-state index is -4.53. The summed E-state index contributed by atoms with van der Waals surface area (Å²) >= 11 is 0. The molecule has 0 unspecified atom stereocenters. The van der Waals surface area contributed by atoms with E-state index in [-0.39, 0.29) is 17.2 Å². The number of carbonyl (C=O) groups excluding carboxylic acids is 1. The van der Waals surface area contributed by atoms with Crippen molar-refractivity contribution in [1.29, 1.82) is 0 Å². The summed E-state index contributed by atoms with van der Waals surface area (Å²) in [6, 6.07) is 4.14. The molecule has 1 aromatic carbocycles. The van der Waals surface area contributed by atoms with Gasteiger partial charge >= 0.3 is 6.18 Å². The van der Waals surface area contributed by atoms with Crippen molar-refractivity contribution in [2.24, 2.45) is 7.05 Å². The standard InChI is InChI=1S/C19H19F3N6O2/c1-9(11-4-12(19(20,21)22)6-13(23)5-11)26-16-14-7-15(27-10(2)29)18(30)28(3)17(14)25-8-24-16/h4-9H,23H2,1-3H3,(H,27,29)(H,24,25,26)/t9-/m1/s1. The summed E-state index contributed by atoms with van der Waals surface area (Å²) in [5, 5.41) is 5.90. The monoisotopic (exact) mass is 420 g/mol. The highest BCUT2D eigenvalue weighted by atomic mass is 19.4. The molecule has 0 spiro atoms. The van der Waals surface area contributed by atoms with E-state index < -0.39 is 29.2 Å². The van der Waals surface area contributed by atoms with Gasteiger partial charge in [0.2, 0.25) is 5.91 Å². The first kappa shape index (κ1) is 21.1. The first-order valence-electron chi connectivity index (χ1n) is 8.84. The van der Waals surface area contributed by atoms with Gasteiger partial charge in [0.05, 0.1) is 17.0 Å². The van der Waals surface area contributed by atoms with Crippen molar-refractivity contribution < 1.29 is 18.0 Å². The van der Waals surface area contributed by atoms with E-state index in [4.69, 9.17) is 5.73 Å². The van der Waals surface area contributed by atoms with Gasteiger partial charge in [-0.05, 0) is 36.8 Å². The molecule has 0 saturated heterocycles. The fourth-order valence-electron chi connectivity index (χ4n) is 3.04. The number of hydrogen-bond donors (Lipinski definition) is 3. The molecule has 3 rings (SSSR count). The van der Waals surface area contributed by atoms with Crippen molar-refractivity contribution in [3.05, 3.63) is 52.1 Å². The molecule has 158 valence electrons. The minimum Gasteiger partial charge on any atom is -0.399 e. The van der Waals surface area contributed by atoms with Crippen LogP contribution in [0, 0.1) is 0 Å². The zero-order valence-electron chi connectivity index (χ0n) is 16.3. The van der Waals surface area contributed by atoms with E-state index in [0.717, 1.165) is 12.1 Å². The Hall–Kier alpha value is -3.63. The summed E-state index contributed by atoms with van der Waals surface area (Å²) in [5.41, 5.74) is 4.96. The number of anilines is 3. The number of pyridine rings is 1. The second-order valence-electron chi connectivity index (χ2n) is 6.82. The fourth-order valence-corrected chi connectivity index (χ4v) is 3.04. The fraction of sp³-hybridized carbons (Fsp3) is 0.263. The second kappa shape index (κ2) is 7.65. The average molecular weight is 420 g/mol. The molecular weight excluding hydrogens is 401 g/mol. The number of benzene rings is 1. The van der Waals surface area contributed by atoms with Crippen molar-refractivity contribution in [3.8, 4) is 0 Å². The number of rotatable bonds is 4. The van der Waals surface area contributed by atoms with E-state index in [2.05, 4.69) is 20.6 Å². The summed E-state index contributed by atoms with van der Waals surface area (Å²) in [4.78, 5) is 32.0. The quantitative estimate of drug-likeness (QED) is 0.559. The van der Waals surface area contributed by atoms with Gasteiger partial charge in [-0.15, -0.1) is 0 Å². The Morgan fingerprint density at radius 1 is 1.20 bits per heavy atom. The Bertz CT molecular complexity index is 1190. The van der Waals surface area contributed by atoms with Crippen LogP contribution in [-0.4, -0.2) is 20.4 Å². The molecule has 0 aliphatic carbocycles. The second-order valence-corrected chi connectivity index (χ2v) is 6.82. The van der Waals surface area contributed by atoms with Gasteiger partial charge in [-0.1, -0.05) is 0 Å². The van der Waals surface area contributed by atoms with Crippen molar-refractivity contribution in [3.63, 3.8) is 0 Å². The minimum absolute atomic E-state index is 0.0173. The van der Waals surface area contributed by atoms with Crippen molar-refractivity contribution >= 4 is 34.1 Å². The van der Waals surface area contributed by atoms with Crippen LogP contribution in [0.15, 0.2) is 35.4 Å². The van der Waals surface area contributed by atoms with Gasteiger partial charge in [0.25, 0.3) is 5.56 Å². The number of aryl methyl sites for hydroxylation is 1. The molecule has 2 heterocycles. The highest BCUT2D eigenvalue weighted by molar-refractivity contribution is 5.94. The Kier molecular flexibility index (Phi) is 5.38. The van der Waals surface area contributed by atoms with Gasteiger partial charge in [-0.25, -0.2) is 9.97 Å². The predicted octanol–water partition coefficient (Wildman–Crippen LogP) is 3.06. The van der Waals surface area contributed by atoms with Crippen LogP contribution in [0.4, 0.5) is 30.4 Å². The maximum Gasteiger partial charge on any atom is 0.416 e. The van der Waals surface area contributed by atoms with Gasteiger partial charge < -0.3 is 16.4 Å². The highest BCUT2D eigenvalue weighted by Gasteiger charge is 2.31. The number of nitrogens with zero attached hydrogens (tertiary/aromatic N) is 3. The van der Waals surface area contributed by atoms with E-state index in [1.807, 2.05) is 0 Å². The number of fused-ring (bicyclic) bond motifs is 1. The van der Waals surface area contributed by atoms with Crippen LogP contribution in [0.2, 0.25) is 0 Å². The van der Waals surface area contributed by atoms with Gasteiger partial charge in [0.15, 0.2) is 0 Å². The molecule has 3 aromatic rings. The lowest BCUT2D eigenvalue weighted by Gasteiger charge is -2.19. The summed E-state index contributed by atoms with van der Waals surface area (Å²) in [6.45, 7) is 2.92. The molecule has 30 heavy (non-hydrogen) atoms. The lowest BCUT2D eigenvalue weighted by molar-refractivity contribution is -0.137.